The Morgan fingerprint density at radius 3 is 2.87 bits per heavy atom. The fraction of sp³-hybridized carbons (Fsp3) is 0.500. The molecule has 1 N–H and O–H groups in total. The van der Waals surface area contributed by atoms with E-state index in [1.807, 2.05) is 5.38 Å². The fourth-order valence-corrected chi connectivity index (χ4v) is 2.33. The predicted molar refractivity (Wildman–Crippen MR) is 57.4 cm³/mol. The molecule has 5 heteroatoms. The van der Waals surface area contributed by atoms with E-state index in [2.05, 4.69) is 4.90 Å². The monoisotopic (exact) mass is 227 g/mol. The first kappa shape index (κ1) is 10.6. The molecule has 15 heavy (non-hydrogen) atoms. The van der Waals surface area contributed by atoms with E-state index in [0.717, 1.165) is 38.4 Å². The summed E-state index contributed by atoms with van der Waals surface area (Å²) in [5.74, 6) is -0.840. The molecule has 1 aliphatic heterocycles. The third-order valence-corrected chi connectivity index (χ3v) is 3.34. The van der Waals surface area contributed by atoms with Gasteiger partial charge >= 0.3 is 5.97 Å². The van der Waals surface area contributed by atoms with Crippen molar-refractivity contribution in [1.82, 2.24) is 4.90 Å². The molecule has 2 heterocycles. The minimum absolute atomic E-state index is 0.415. The van der Waals surface area contributed by atoms with Crippen molar-refractivity contribution in [3.8, 4) is 0 Å². The van der Waals surface area contributed by atoms with Crippen molar-refractivity contribution in [2.75, 3.05) is 26.3 Å². The van der Waals surface area contributed by atoms with E-state index in [9.17, 15) is 4.79 Å². The normalized spacial score (nSPS) is 17.9. The van der Waals surface area contributed by atoms with Crippen LogP contribution in [0.3, 0.4) is 0 Å². The molecular formula is C10H13NO3S. The number of nitrogens with zero attached hydrogens (tertiary/aromatic N) is 1. The number of hydrogen-bond donors (Lipinski definition) is 1. The summed E-state index contributed by atoms with van der Waals surface area (Å²) >= 11 is 1.29. The van der Waals surface area contributed by atoms with Crippen LogP contribution in [0.15, 0.2) is 11.4 Å². The van der Waals surface area contributed by atoms with Crippen LogP contribution in [0.2, 0.25) is 0 Å². The second kappa shape index (κ2) is 4.74. The summed E-state index contributed by atoms with van der Waals surface area (Å²) in [4.78, 5) is 13.4. The zero-order valence-corrected chi connectivity index (χ0v) is 9.13. The molecule has 1 saturated heterocycles. The molecule has 82 valence electrons. The number of thiophene rings is 1. The van der Waals surface area contributed by atoms with Crippen LogP contribution in [0, 0.1) is 0 Å². The Hall–Kier alpha value is -0.910. The highest BCUT2D eigenvalue weighted by Gasteiger charge is 2.13. The molecule has 2 rings (SSSR count). The summed E-state index contributed by atoms with van der Waals surface area (Å²) in [5.41, 5.74) is 1.08. The molecule has 0 amide bonds. The molecule has 0 aliphatic carbocycles. The van der Waals surface area contributed by atoms with Crippen LogP contribution in [0.4, 0.5) is 0 Å². The Morgan fingerprint density at radius 2 is 2.27 bits per heavy atom. The molecule has 0 radical (unpaired) electrons. The first-order chi connectivity index (χ1) is 7.25. The molecule has 0 spiro atoms. The molecule has 1 fully saturated rings. The van der Waals surface area contributed by atoms with E-state index in [0.29, 0.717) is 4.88 Å². The third-order valence-electron chi connectivity index (χ3n) is 2.37. The summed E-state index contributed by atoms with van der Waals surface area (Å²) in [7, 11) is 0. The Balaban J connectivity index is 1.94. The fourth-order valence-electron chi connectivity index (χ4n) is 1.59. The molecule has 1 aliphatic rings. The number of carboxylic acid groups (broad SMARTS) is 1. The second-order valence-corrected chi connectivity index (χ2v) is 4.42. The Morgan fingerprint density at radius 1 is 1.53 bits per heavy atom. The second-order valence-electron chi connectivity index (χ2n) is 3.51. The SMILES string of the molecule is O=C(O)c1cc(CN2CCOCC2)cs1. The van der Waals surface area contributed by atoms with E-state index in [1.165, 1.54) is 11.3 Å². The van der Waals surface area contributed by atoms with Gasteiger partial charge in [0.25, 0.3) is 0 Å². The van der Waals surface area contributed by atoms with Crippen molar-refractivity contribution >= 4 is 17.3 Å². The summed E-state index contributed by atoms with van der Waals surface area (Å²) < 4.78 is 5.25. The standard InChI is InChI=1S/C10H13NO3S/c12-10(13)9-5-8(7-15-9)6-11-1-3-14-4-2-11/h5,7H,1-4,6H2,(H,12,13). The van der Waals surface area contributed by atoms with Gasteiger partial charge in [0, 0.05) is 19.6 Å². The highest BCUT2D eigenvalue weighted by Crippen LogP contribution is 2.16. The van der Waals surface area contributed by atoms with Crippen LogP contribution in [-0.4, -0.2) is 42.3 Å². The van der Waals surface area contributed by atoms with Crippen molar-refractivity contribution in [3.63, 3.8) is 0 Å². The molecular weight excluding hydrogens is 214 g/mol. The lowest BCUT2D eigenvalue weighted by molar-refractivity contribution is 0.0342. The maximum Gasteiger partial charge on any atom is 0.345 e. The highest BCUT2D eigenvalue weighted by atomic mass is 32.1. The number of hydrogen-bond acceptors (Lipinski definition) is 4. The van der Waals surface area contributed by atoms with Gasteiger partial charge in [-0.3, -0.25) is 4.90 Å². The molecule has 0 bridgehead atoms. The van der Waals surface area contributed by atoms with E-state index in [4.69, 9.17) is 9.84 Å². The lowest BCUT2D eigenvalue weighted by atomic mass is 10.2. The molecule has 0 unspecified atom stereocenters. The predicted octanol–water partition coefficient (Wildman–Crippen LogP) is 1.28. The molecule has 0 aromatic carbocycles. The van der Waals surface area contributed by atoms with Gasteiger partial charge in [0.2, 0.25) is 0 Å². The van der Waals surface area contributed by atoms with Crippen LogP contribution in [0.1, 0.15) is 15.2 Å². The minimum Gasteiger partial charge on any atom is -0.477 e. The Kier molecular flexibility index (Phi) is 3.35. The topological polar surface area (TPSA) is 49.8 Å². The maximum absolute atomic E-state index is 10.7. The number of rotatable bonds is 3. The Labute approximate surface area is 92.1 Å². The maximum atomic E-state index is 10.7. The first-order valence-electron chi connectivity index (χ1n) is 4.86. The third kappa shape index (κ3) is 2.77. The van der Waals surface area contributed by atoms with Gasteiger partial charge in [0.15, 0.2) is 0 Å². The van der Waals surface area contributed by atoms with E-state index < -0.39 is 5.97 Å². The van der Waals surface area contributed by atoms with Gasteiger partial charge in [-0.1, -0.05) is 0 Å². The Bertz CT molecular complexity index is 344. The van der Waals surface area contributed by atoms with Gasteiger partial charge in [0.05, 0.1) is 13.2 Å². The van der Waals surface area contributed by atoms with Crippen LogP contribution in [-0.2, 0) is 11.3 Å². The largest absolute Gasteiger partial charge is 0.477 e. The summed E-state index contributed by atoms with van der Waals surface area (Å²) in [6, 6.07) is 1.75. The number of morpholine rings is 1. The van der Waals surface area contributed by atoms with Crippen molar-refractivity contribution in [3.05, 3.63) is 21.9 Å². The van der Waals surface area contributed by atoms with Gasteiger partial charge in [-0.2, -0.15) is 0 Å². The van der Waals surface area contributed by atoms with Crippen LogP contribution >= 0.6 is 11.3 Å². The molecule has 1 aromatic rings. The number of carboxylic acids is 1. The highest BCUT2D eigenvalue weighted by molar-refractivity contribution is 7.12. The van der Waals surface area contributed by atoms with Crippen molar-refractivity contribution < 1.29 is 14.6 Å². The van der Waals surface area contributed by atoms with E-state index in [-0.39, 0.29) is 0 Å². The summed E-state index contributed by atoms with van der Waals surface area (Å²) in [6.07, 6.45) is 0. The molecule has 0 atom stereocenters. The van der Waals surface area contributed by atoms with Gasteiger partial charge in [0.1, 0.15) is 4.88 Å². The van der Waals surface area contributed by atoms with Crippen molar-refractivity contribution in [2.24, 2.45) is 0 Å². The van der Waals surface area contributed by atoms with Crippen LogP contribution < -0.4 is 0 Å². The van der Waals surface area contributed by atoms with Gasteiger partial charge in [-0.15, -0.1) is 11.3 Å². The minimum atomic E-state index is -0.840. The zero-order chi connectivity index (χ0) is 10.7. The summed E-state index contributed by atoms with van der Waals surface area (Å²) in [6.45, 7) is 4.23. The van der Waals surface area contributed by atoms with Crippen LogP contribution in [0.5, 0.6) is 0 Å². The van der Waals surface area contributed by atoms with Crippen molar-refractivity contribution in [1.29, 1.82) is 0 Å². The van der Waals surface area contributed by atoms with E-state index in [1.54, 1.807) is 6.07 Å². The molecule has 0 saturated carbocycles. The quantitative estimate of drug-likeness (QED) is 0.845. The van der Waals surface area contributed by atoms with Gasteiger partial charge in [-0.25, -0.2) is 4.79 Å². The number of carbonyl (C=O) groups is 1. The average Bonchev–Trinajstić information content (AvgIpc) is 2.68. The number of aromatic carboxylic acids is 1. The van der Waals surface area contributed by atoms with Gasteiger partial charge in [-0.05, 0) is 17.0 Å². The van der Waals surface area contributed by atoms with Gasteiger partial charge < -0.3 is 9.84 Å². The van der Waals surface area contributed by atoms with Crippen LogP contribution in [0.25, 0.3) is 0 Å². The van der Waals surface area contributed by atoms with Crippen molar-refractivity contribution in [2.45, 2.75) is 6.54 Å². The molecule has 4 nitrogen and oxygen atoms in total. The summed E-state index contributed by atoms with van der Waals surface area (Å²) in [5, 5.41) is 10.7. The average molecular weight is 227 g/mol. The first-order valence-corrected chi connectivity index (χ1v) is 5.74. The number of ether oxygens (including phenoxy) is 1. The lowest BCUT2D eigenvalue weighted by Crippen LogP contribution is -2.35. The lowest BCUT2D eigenvalue weighted by Gasteiger charge is -2.26. The smallest absolute Gasteiger partial charge is 0.345 e. The molecule has 1 aromatic heterocycles. The zero-order valence-electron chi connectivity index (χ0n) is 8.31. The van der Waals surface area contributed by atoms with E-state index >= 15 is 0 Å².